The molecule has 0 aliphatic heterocycles. The van der Waals surface area contributed by atoms with Crippen molar-refractivity contribution in [1.82, 2.24) is 0 Å². The lowest BCUT2D eigenvalue weighted by atomic mass is 9.71. The fourth-order valence-corrected chi connectivity index (χ4v) is 4.52. The van der Waals surface area contributed by atoms with Gasteiger partial charge in [-0.25, -0.2) is 10.1 Å². The van der Waals surface area contributed by atoms with E-state index < -0.39 is 0 Å². The second-order valence-electron chi connectivity index (χ2n) is 8.99. The van der Waals surface area contributed by atoms with Crippen molar-refractivity contribution < 1.29 is 15.2 Å². The Bertz CT molecular complexity index is 272. The first-order valence-corrected chi connectivity index (χ1v) is 12.7. The molecule has 0 saturated heterocycles. The van der Waals surface area contributed by atoms with Crippen LogP contribution in [0.1, 0.15) is 149 Å². The van der Waals surface area contributed by atoms with Gasteiger partial charge < -0.3 is 0 Å². The van der Waals surface area contributed by atoms with Crippen molar-refractivity contribution >= 4 is 0 Å². The van der Waals surface area contributed by atoms with Crippen LogP contribution in [0, 0.1) is 5.41 Å². The highest BCUT2D eigenvalue weighted by atomic mass is 17.5. The molecule has 0 aromatic rings. The molecular weight excluding hydrogens is 348 g/mol. The molecule has 0 unspecified atom stereocenters. The van der Waals surface area contributed by atoms with Gasteiger partial charge in [-0.15, -0.1) is 0 Å². The van der Waals surface area contributed by atoms with Gasteiger partial charge in [-0.1, -0.05) is 122 Å². The molecule has 0 radical (unpaired) electrons. The van der Waals surface area contributed by atoms with Gasteiger partial charge in [-0.2, -0.15) is 0 Å². The molecule has 0 spiro atoms. The predicted molar refractivity (Wildman–Crippen MR) is 121 cm³/mol. The Morgan fingerprint density at radius 2 is 0.857 bits per heavy atom. The summed E-state index contributed by atoms with van der Waals surface area (Å²) in [4.78, 5) is 4.46. The summed E-state index contributed by atoms with van der Waals surface area (Å²) in [5.74, 6) is 0. The molecule has 0 bridgehead atoms. The highest BCUT2D eigenvalue weighted by Crippen LogP contribution is 2.41. The van der Waals surface area contributed by atoms with Gasteiger partial charge in [0.25, 0.3) is 0 Å². The monoisotopic (exact) mass is 400 g/mol. The molecule has 170 valence electrons. The molecule has 0 heterocycles. The molecule has 0 aliphatic rings. The van der Waals surface area contributed by atoms with Crippen molar-refractivity contribution in [2.45, 2.75) is 149 Å². The van der Waals surface area contributed by atoms with Gasteiger partial charge in [0.05, 0.1) is 6.61 Å². The van der Waals surface area contributed by atoms with Gasteiger partial charge in [-0.3, -0.25) is 0 Å². The maximum Gasteiger partial charge on any atom is 0.0853 e. The first-order valence-electron chi connectivity index (χ1n) is 12.7. The summed E-state index contributed by atoms with van der Waals surface area (Å²) in [6.07, 6.45) is 27.4. The Hall–Kier alpha value is -0.120. The van der Waals surface area contributed by atoms with E-state index in [0.29, 0.717) is 12.0 Å². The summed E-state index contributed by atoms with van der Waals surface area (Å²) in [6, 6.07) is 0. The van der Waals surface area contributed by atoms with Crippen LogP contribution >= 0.6 is 0 Å². The molecule has 3 heteroatoms. The first kappa shape index (κ1) is 27.9. The van der Waals surface area contributed by atoms with E-state index in [9.17, 15) is 0 Å². The van der Waals surface area contributed by atoms with Crippen LogP contribution in [0.2, 0.25) is 0 Å². The smallest absolute Gasteiger partial charge is 0.0853 e. The average Bonchev–Trinajstić information content (AvgIpc) is 2.72. The molecule has 1 N–H and O–H groups in total. The molecule has 0 amide bonds. The van der Waals surface area contributed by atoms with Gasteiger partial charge in [0, 0.05) is 0 Å². The standard InChI is InChI=1S/C25H52O3/c1-4-7-20-25(21-8-5-2,22-9-6-3)23-18-16-14-12-10-11-13-15-17-19-24-27-28-26/h26H,4-24H2,1-3H3. The Balaban J connectivity index is 3.84. The number of hydrogen-bond donors (Lipinski definition) is 1. The highest BCUT2D eigenvalue weighted by Gasteiger charge is 2.27. The number of rotatable bonds is 23. The van der Waals surface area contributed by atoms with Crippen LogP contribution in [0.3, 0.4) is 0 Å². The van der Waals surface area contributed by atoms with Crippen LogP contribution in [-0.4, -0.2) is 11.9 Å². The third-order valence-corrected chi connectivity index (χ3v) is 6.42. The molecule has 0 fully saturated rings. The third-order valence-electron chi connectivity index (χ3n) is 6.42. The zero-order valence-electron chi connectivity index (χ0n) is 19.6. The molecular formula is C25H52O3. The summed E-state index contributed by atoms with van der Waals surface area (Å²) >= 11 is 0. The molecule has 0 atom stereocenters. The lowest BCUT2D eigenvalue weighted by Gasteiger charge is -2.35. The quantitative estimate of drug-likeness (QED) is 0.105. The Labute approximate surface area is 176 Å². The van der Waals surface area contributed by atoms with E-state index in [1.807, 2.05) is 0 Å². The fourth-order valence-electron chi connectivity index (χ4n) is 4.52. The van der Waals surface area contributed by atoms with E-state index in [2.05, 4.69) is 30.7 Å². The van der Waals surface area contributed by atoms with Crippen LogP contribution in [0.25, 0.3) is 0 Å². The van der Waals surface area contributed by atoms with Crippen LogP contribution < -0.4 is 0 Å². The Morgan fingerprint density at radius 3 is 1.25 bits per heavy atom. The van der Waals surface area contributed by atoms with Gasteiger partial charge in [0.2, 0.25) is 0 Å². The van der Waals surface area contributed by atoms with Gasteiger partial charge >= 0.3 is 0 Å². The molecule has 0 saturated carbocycles. The minimum atomic E-state index is 0.493. The second kappa shape index (κ2) is 21.6. The van der Waals surface area contributed by atoms with Crippen molar-refractivity contribution in [2.75, 3.05) is 6.61 Å². The molecule has 3 nitrogen and oxygen atoms in total. The van der Waals surface area contributed by atoms with Gasteiger partial charge in [-0.05, 0) is 37.5 Å². The number of hydrogen-bond acceptors (Lipinski definition) is 3. The van der Waals surface area contributed by atoms with Crippen molar-refractivity contribution in [1.29, 1.82) is 0 Å². The van der Waals surface area contributed by atoms with E-state index in [-0.39, 0.29) is 0 Å². The van der Waals surface area contributed by atoms with E-state index in [4.69, 9.17) is 5.26 Å². The highest BCUT2D eigenvalue weighted by molar-refractivity contribution is 4.79. The minimum Gasteiger partial charge on any atom is -0.221 e. The third kappa shape index (κ3) is 16.8. The second-order valence-corrected chi connectivity index (χ2v) is 8.99. The maximum atomic E-state index is 8.06. The molecule has 0 aliphatic carbocycles. The average molecular weight is 401 g/mol. The van der Waals surface area contributed by atoms with Crippen molar-refractivity contribution in [3.63, 3.8) is 0 Å². The van der Waals surface area contributed by atoms with Gasteiger partial charge in [0.15, 0.2) is 0 Å². The lowest BCUT2D eigenvalue weighted by molar-refractivity contribution is -0.490. The Kier molecular flexibility index (Phi) is 21.5. The largest absolute Gasteiger partial charge is 0.221 e. The Morgan fingerprint density at radius 1 is 0.500 bits per heavy atom. The summed E-state index contributed by atoms with van der Waals surface area (Å²) in [5.41, 5.74) is 0.660. The SMILES string of the molecule is CCCCC(CCCC)(CCCC)CCCCCCCCCCCCOOO. The molecule has 0 rings (SSSR count). The fraction of sp³-hybridized carbons (Fsp3) is 1.00. The lowest BCUT2D eigenvalue weighted by Crippen LogP contribution is -2.21. The normalized spacial score (nSPS) is 12.0. The molecule has 0 aromatic carbocycles. The molecule has 0 aromatic heterocycles. The van der Waals surface area contributed by atoms with Crippen LogP contribution in [0.15, 0.2) is 0 Å². The van der Waals surface area contributed by atoms with Crippen LogP contribution in [0.4, 0.5) is 0 Å². The summed E-state index contributed by atoms with van der Waals surface area (Å²) in [7, 11) is 0. The van der Waals surface area contributed by atoms with Crippen molar-refractivity contribution in [3.8, 4) is 0 Å². The van der Waals surface area contributed by atoms with Crippen LogP contribution in [-0.2, 0) is 9.93 Å². The van der Waals surface area contributed by atoms with E-state index in [1.54, 1.807) is 0 Å². The van der Waals surface area contributed by atoms with Crippen molar-refractivity contribution in [3.05, 3.63) is 0 Å². The summed E-state index contributed by atoms with van der Waals surface area (Å²) in [5, 5.41) is 11.7. The zero-order valence-corrected chi connectivity index (χ0v) is 19.6. The van der Waals surface area contributed by atoms with E-state index in [0.717, 1.165) is 6.42 Å². The summed E-state index contributed by atoms with van der Waals surface area (Å²) in [6.45, 7) is 7.54. The number of unbranched alkanes of at least 4 members (excludes halogenated alkanes) is 12. The topological polar surface area (TPSA) is 38.7 Å². The van der Waals surface area contributed by atoms with Crippen LogP contribution in [0.5, 0.6) is 0 Å². The minimum absolute atomic E-state index is 0.493. The van der Waals surface area contributed by atoms with E-state index in [1.165, 1.54) is 122 Å². The molecule has 28 heavy (non-hydrogen) atoms. The van der Waals surface area contributed by atoms with Gasteiger partial charge in [0.1, 0.15) is 0 Å². The zero-order chi connectivity index (χ0) is 20.8. The van der Waals surface area contributed by atoms with E-state index >= 15 is 0 Å². The predicted octanol–water partition coefficient (Wildman–Crippen LogP) is 9.26. The first-order chi connectivity index (χ1) is 13.7. The summed E-state index contributed by atoms with van der Waals surface area (Å²) < 4.78 is 0. The maximum absolute atomic E-state index is 8.06. The van der Waals surface area contributed by atoms with Crippen molar-refractivity contribution in [2.24, 2.45) is 5.41 Å².